The van der Waals surface area contributed by atoms with Crippen LogP contribution in [0.4, 0.5) is 4.79 Å². The van der Waals surface area contributed by atoms with E-state index in [0.717, 1.165) is 12.5 Å². The van der Waals surface area contributed by atoms with E-state index in [1.54, 1.807) is 6.92 Å². The summed E-state index contributed by atoms with van der Waals surface area (Å²) in [4.78, 5) is 66.0. The summed E-state index contributed by atoms with van der Waals surface area (Å²) in [7, 11) is 0. The van der Waals surface area contributed by atoms with Crippen LogP contribution in [0.1, 0.15) is 45.1 Å². The van der Waals surface area contributed by atoms with E-state index in [2.05, 4.69) is 5.32 Å². The summed E-state index contributed by atoms with van der Waals surface area (Å²) >= 11 is 0. The molecule has 0 saturated carbocycles. The average molecular weight is 474 g/mol. The lowest BCUT2D eigenvalue weighted by Crippen LogP contribution is -2.55. The van der Waals surface area contributed by atoms with Crippen LogP contribution in [0, 0.1) is 0 Å². The fourth-order valence-electron chi connectivity index (χ4n) is 4.44. The van der Waals surface area contributed by atoms with E-state index < -0.39 is 35.9 Å². The zero-order chi connectivity index (χ0) is 24.7. The Morgan fingerprint density at radius 1 is 1.00 bits per heavy atom. The number of urea groups is 1. The molecular weight excluding hydrogens is 442 g/mol. The van der Waals surface area contributed by atoms with Crippen molar-refractivity contribution in [3.05, 3.63) is 35.9 Å². The largest absolute Gasteiger partial charge is 0.463 e. The maximum absolute atomic E-state index is 13.4. The molecule has 0 spiro atoms. The Hall–Kier alpha value is -3.43. The Morgan fingerprint density at radius 2 is 1.65 bits per heavy atom. The number of hydrogen-bond donors (Lipinski definition) is 1. The van der Waals surface area contributed by atoms with Gasteiger partial charge in [0.2, 0.25) is 11.7 Å². The number of esters is 2. The summed E-state index contributed by atoms with van der Waals surface area (Å²) in [6, 6.07) is 7.50. The molecule has 2 aliphatic rings. The number of Topliss-reactive ketones (excluding diaryl/α,β-unsaturated/α-hetero) is 1. The van der Waals surface area contributed by atoms with Gasteiger partial charge in [-0.25, -0.2) is 9.59 Å². The van der Waals surface area contributed by atoms with E-state index in [1.165, 1.54) is 9.80 Å². The predicted octanol–water partition coefficient (Wildman–Crippen LogP) is 1.42. The summed E-state index contributed by atoms with van der Waals surface area (Å²) < 4.78 is 9.84. The van der Waals surface area contributed by atoms with Crippen LogP contribution in [-0.2, 0) is 35.2 Å². The molecule has 2 heterocycles. The van der Waals surface area contributed by atoms with Gasteiger partial charge >= 0.3 is 18.0 Å². The van der Waals surface area contributed by atoms with Crippen molar-refractivity contribution in [2.24, 2.45) is 0 Å². The highest BCUT2D eigenvalue weighted by Crippen LogP contribution is 2.26. The van der Waals surface area contributed by atoms with Crippen molar-refractivity contribution in [1.82, 2.24) is 15.1 Å². The number of amides is 3. The van der Waals surface area contributed by atoms with Gasteiger partial charge in [-0.15, -0.1) is 0 Å². The third-order valence-corrected chi connectivity index (χ3v) is 5.99. The summed E-state index contributed by atoms with van der Waals surface area (Å²) in [5, 5.41) is 2.85. The minimum absolute atomic E-state index is 0.0202. The molecule has 2 fully saturated rings. The van der Waals surface area contributed by atoms with E-state index >= 15 is 0 Å². The topological polar surface area (TPSA) is 122 Å². The highest BCUT2D eigenvalue weighted by Gasteiger charge is 2.46. The quantitative estimate of drug-likeness (QED) is 0.447. The zero-order valence-corrected chi connectivity index (χ0v) is 19.5. The highest BCUT2D eigenvalue weighted by molar-refractivity contribution is 6.07. The Labute approximate surface area is 198 Å². The minimum atomic E-state index is -1.72. The molecule has 0 aromatic heterocycles. The van der Waals surface area contributed by atoms with Crippen molar-refractivity contribution in [1.29, 1.82) is 0 Å². The fourth-order valence-corrected chi connectivity index (χ4v) is 4.44. The lowest BCUT2D eigenvalue weighted by molar-refractivity contribution is -0.171. The summed E-state index contributed by atoms with van der Waals surface area (Å²) in [6.07, 6.45) is 0.338. The molecule has 0 bridgehead atoms. The molecule has 0 radical (unpaired) electrons. The van der Waals surface area contributed by atoms with Gasteiger partial charge in [0.15, 0.2) is 0 Å². The van der Waals surface area contributed by atoms with E-state index in [4.69, 9.17) is 9.47 Å². The zero-order valence-electron chi connectivity index (χ0n) is 19.5. The number of ether oxygens (including phenoxy) is 2. The van der Waals surface area contributed by atoms with Gasteiger partial charge in [0.05, 0.1) is 12.6 Å². The first-order valence-electron chi connectivity index (χ1n) is 11.6. The minimum Gasteiger partial charge on any atom is -0.463 e. The van der Waals surface area contributed by atoms with E-state index in [9.17, 15) is 24.0 Å². The SMILES string of the molecule is CCOC(=O)[C@H](OC(C)=O)C(=O)C1CCCN1C(=O)C1CCCN1C(=O)NCc1ccccc1. The van der Waals surface area contributed by atoms with Crippen LogP contribution in [0.3, 0.4) is 0 Å². The second-order valence-electron chi connectivity index (χ2n) is 8.33. The van der Waals surface area contributed by atoms with Gasteiger partial charge in [0, 0.05) is 26.6 Å². The molecule has 1 aromatic rings. The smallest absolute Gasteiger partial charge is 0.355 e. The fraction of sp³-hybridized carbons (Fsp3) is 0.542. The number of hydrogen-bond acceptors (Lipinski definition) is 7. The Morgan fingerprint density at radius 3 is 2.29 bits per heavy atom. The Bertz CT molecular complexity index is 920. The summed E-state index contributed by atoms with van der Waals surface area (Å²) in [5.41, 5.74) is 0.943. The maximum Gasteiger partial charge on any atom is 0.355 e. The number of carbonyl (C=O) groups excluding carboxylic acids is 5. The number of rotatable bonds is 8. The molecule has 10 heteroatoms. The van der Waals surface area contributed by atoms with Crippen molar-refractivity contribution < 1.29 is 33.4 Å². The number of nitrogens with one attached hydrogen (secondary N) is 1. The van der Waals surface area contributed by atoms with E-state index in [-0.39, 0.29) is 18.5 Å². The summed E-state index contributed by atoms with van der Waals surface area (Å²) in [6.45, 7) is 3.79. The van der Waals surface area contributed by atoms with Crippen LogP contribution < -0.4 is 5.32 Å². The standard InChI is InChI=1S/C24H31N3O7/c1-3-33-23(31)21(34-16(2)28)20(29)18-11-7-13-26(18)22(30)19-12-8-14-27(19)24(32)25-15-17-9-5-4-6-10-17/h4-6,9-10,18-19,21H,3,7-8,11-15H2,1-2H3,(H,25,32)/t18?,19?,21-/m1/s1. The monoisotopic (exact) mass is 473 g/mol. The van der Waals surface area contributed by atoms with Gasteiger partial charge < -0.3 is 24.6 Å². The van der Waals surface area contributed by atoms with Crippen molar-refractivity contribution in [3.8, 4) is 0 Å². The molecule has 2 unspecified atom stereocenters. The lowest BCUT2D eigenvalue weighted by atomic mass is 10.0. The molecule has 10 nitrogen and oxygen atoms in total. The molecule has 1 N–H and O–H groups in total. The van der Waals surface area contributed by atoms with Crippen LogP contribution >= 0.6 is 0 Å². The Balaban J connectivity index is 1.69. The van der Waals surface area contributed by atoms with Gasteiger partial charge in [-0.1, -0.05) is 30.3 Å². The molecule has 2 saturated heterocycles. The molecule has 3 atom stereocenters. The van der Waals surface area contributed by atoms with Crippen molar-refractivity contribution in [2.75, 3.05) is 19.7 Å². The third kappa shape index (κ3) is 5.92. The second kappa shape index (κ2) is 11.6. The third-order valence-electron chi connectivity index (χ3n) is 5.99. The molecule has 3 amide bonds. The molecule has 3 rings (SSSR count). The average Bonchev–Trinajstić information content (AvgIpc) is 3.51. The van der Waals surface area contributed by atoms with E-state index in [0.29, 0.717) is 45.3 Å². The van der Waals surface area contributed by atoms with Gasteiger partial charge in [-0.3, -0.25) is 14.4 Å². The van der Waals surface area contributed by atoms with Crippen molar-refractivity contribution in [3.63, 3.8) is 0 Å². The first-order chi connectivity index (χ1) is 16.3. The predicted molar refractivity (Wildman–Crippen MR) is 120 cm³/mol. The van der Waals surface area contributed by atoms with Crippen molar-refractivity contribution >= 4 is 29.7 Å². The molecular formula is C24H31N3O7. The Kier molecular flexibility index (Phi) is 8.61. The normalized spacial score (nSPS) is 20.5. The van der Waals surface area contributed by atoms with Crippen molar-refractivity contribution in [2.45, 2.75) is 64.3 Å². The molecule has 34 heavy (non-hydrogen) atoms. The van der Waals surface area contributed by atoms with Crippen LogP contribution in [0.25, 0.3) is 0 Å². The highest BCUT2D eigenvalue weighted by atomic mass is 16.6. The van der Waals surface area contributed by atoms with Crippen LogP contribution in [0.15, 0.2) is 30.3 Å². The van der Waals surface area contributed by atoms with Crippen LogP contribution in [-0.4, -0.2) is 77.3 Å². The summed E-state index contributed by atoms with van der Waals surface area (Å²) in [5.74, 6) is -2.77. The first-order valence-corrected chi connectivity index (χ1v) is 11.6. The van der Waals surface area contributed by atoms with Gasteiger partial charge in [-0.05, 0) is 38.2 Å². The number of benzene rings is 1. The molecule has 1 aromatic carbocycles. The van der Waals surface area contributed by atoms with Gasteiger partial charge in [-0.2, -0.15) is 0 Å². The number of nitrogens with zero attached hydrogens (tertiary/aromatic N) is 2. The van der Waals surface area contributed by atoms with Gasteiger partial charge in [0.1, 0.15) is 6.04 Å². The number of likely N-dealkylation sites (tertiary alicyclic amines) is 2. The maximum atomic E-state index is 13.4. The van der Waals surface area contributed by atoms with Gasteiger partial charge in [0.25, 0.3) is 6.10 Å². The molecule has 184 valence electrons. The van der Waals surface area contributed by atoms with E-state index in [1.807, 2.05) is 30.3 Å². The number of ketones is 1. The number of carbonyl (C=O) groups is 5. The molecule has 0 aliphatic carbocycles. The molecule has 2 aliphatic heterocycles. The second-order valence-corrected chi connectivity index (χ2v) is 8.33. The lowest BCUT2D eigenvalue weighted by Gasteiger charge is -2.31. The first kappa shape index (κ1) is 25.2. The van der Waals surface area contributed by atoms with Crippen LogP contribution in [0.2, 0.25) is 0 Å². The van der Waals surface area contributed by atoms with Crippen LogP contribution in [0.5, 0.6) is 0 Å².